The number of carbonyl (C=O) groups excluding carboxylic acids is 3. The predicted octanol–water partition coefficient (Wildman–Crippen LogP) is 3.36. The molecule has 1 aromatic heterocycles. The number of fused-ring (bicyclic) bond motifs is 1. The van der Waals surface area contributed by atoms with Gasteiger partial charge >= 0.3 is 0 Å². The third-order valence-electron chi connectivity index (χ3n) is 5.88. The molecular formula is C25H24N6O3. The molecule has 0 aliphatic carbocycles. The van der Waals surface area contributed by atoms with Crippen molar-refractivity contribution in [2.45, 2.75) is 19.8 Å². The minimum Gasteiger partial charge on any atom is -0.356 e. The van der Waals surface area contributed by atoms with E-state index >= 15 is 0 Å². The number of anilines is 4. The van der Waals surface area contributed by atoms with Crippen LogP contribution in [0.2, 0.25) is 0 Å². The van der Waals surface area contributed by atoms with Gasteiger partial charge in [0.05, 0.1) is 11.1 Å². The van der Waals surface area contributed by atoms with Crippen molar-refractivity contribution in [2.75, 3.05) is 35.2 Å². The maximum absolute atomic E-state index is 12.5. The molecule has 34 heavy (non-hydrogen) atoms. The van der Waals surface area contributed by atoms with Crippen molar-refractivity contribution in [3.05, 3.63) is 71.5 Å². The second-order valence-corrected chi connectivity index (χ2v) is 8.35. The van der Waals surface area contributed by atoms with E-state index in [1.54, 1.807) is 36.4 Å². The minimum atomic E-state index is -0.455. The molecule has 3 heterocycles. The molecule has 172 valence electrons. The first-order valence-electron chi connectivity index (χ1n) is 11.2. The molecule has 1 fully saturated rings. The van der Waals surface area contributed by atoms with E-state index in [9.17, 15) is 14.4 Å². The van der Waals surface area contributed by atoms with Gasteiger partial charge in [-0.2, -0.15) is 0 Å². The largest absolute Gasteiger partial charge is 0.356 e. The van der Waals surface area contributed by atoms with Crippen LogP contribution in [-0.4, -0.2) is 52.2 Å². The molecule has 0 radical (unpaired) electrons. The smallest absolute Gasteiger partial charge is 0.262 e. The van der Waals surface area contributed by atoms with Crippen LogP contribution in [0.15, 0.2) is 54.6 Å². The lowest BCUT2D eigenvalue weighted by atomic mass is 10.1. The molecule has 9 nitrogen and oxygen atoms in total. The molecule has 9 heteroatoms. The number of amides is 3. The van der Waals surface area contributed by atoms with Crippen molar-refractivity contribution in [2.24, 2.45) is 0 Å². The van der Waals surface area contributed by atoms with Gasteiger partial charge in [-0.1, -0.05) is 12.1 Å². The van der Waals surface area contributed by atoms with Crippen molar-refractivity contribution in [3.63, 3.8) is 0 Å². The van der Waals surface area contributed by atoms with Crippen LogP contribution in [0.25, 0.3) is 0 Å². The van der Waals surface area contributed by atoms with Crippen LogP contribution in [0.3, 0.4) is 0 Å². The zero-order valence-electron chi connectivity index (χ0n) is 18.7. The molecule has 1 saturated heterocycles. The highest BCUT2D eigenvalue weighted by molar-refractivity contribution is 6.22. The molecule has 2 aliphatic heterocycles. The topological polar surface area (TPSA) is 108 Å². The number of nitrogens with one attached hydrogen (secondary N) is 2. The van der Waals surface area contributed by atoms with Gasteiger partial charge in [-0.3, -0.25) is 19.3 Å². The Bertz CT molecular complexity index is 1230. The summed E-state index contributed by atoms with van der Waals surface area (Å²) in [5.41, 5.74) is 2.01. The van der Waals surface area contributed by atoms with Gasteiger partial charge < -0.3 is 15.5 Å². The Hall–Kier alpha value is -4.27. The second kappa shape index (κ2) is 8.93. The SMILES string of the molecule is Cc1nc(Nc2ccc(NC(=O)CN3C(=O)c4ccccc4C3=O)cc2)cc(N2CCCC2)n1. The molecule has 3 aromatic rings. The van der Waals surface area contributed by atoms with Gasteiger partial charge in [0, 0.05) is 30.5 Å². The predicted molar refractivity (Wildman–Crippen MR) is 128 cm³/mol. The summed E-state index contributed by atoms with van der Waals surface area (Å²) in [6.45, 7) is 3.54. The van der Waals surface area contributed by atoms with Crippen LogP contribution >= 0.6 is 0 Å². The average molecular weight is 457 g/mol. The van der Waals surface area contributed by atoms with E-state index in [1.807, 2.05) is 25.1 Å². The van der Waals surface area contributed by atoms with Crippen LogP contribution in [0.1, 0.15) is 39.4 Å². The van der Waals surface area contributed by atoms with Crippen LogP contribution in [0, 0.1) is 6.92 Å². The number of rotatable bonds is 6. The number of benzene rings is 2. The first kappa shape index (κ1) is 21.6. The summed E-state index contributed by atoms with van der Waals surface area (Å²) in [7, 11) is 0. The van der Waals surface area contributed by atoms with Gasteiger partial charge in [0.25, 0.3) is 11.8 Å². The van der Waals surface area contributed by atoms with Gasteiger partial charge in [-0.25, -0.2) is 9.97 Å². The highest BCUT2D eigenvalue weighted by atomic mass is 16.2. The van der Waals surface area contributed by atoms with Crippen LogP contribution in [-0.2, 0) is 4.79 Å². The Morgan fingerprint density at radius 3 is 2.18 bits per heavy atom. The Balaban J connectivity index is 1.21. The lowest BCUT2D eigenvalue weighted by molar-refractivity contribution is -0.116. The van der Waals surface area contributed by atoms with Crippen LogP contribution < -0.4 is 15.5 Å². The molecule has 0 bridgehead atoms. The van der Waals surface area contributed by atoms with Crippen molar-refractivity contribution >= 4 is 40.7 Å². The molecule has 5 rings (SSSR count). The number of nitrogens with zero attached hydrogens (tertiary/aromatic N) is 4. The summed E-state index contributed by atoms with van der Waals surface area (Å²) < 4.78 is 0. The summed E-state index contributed by atoms with van der Waals surface area (Å²) in [5, 5.41) is 6.02. The number of aromatic nitrogens is 2. The van der Waals surface area contributed by atoms with Crippen LogP contribution in [0.5, 0.6) is 0 Å². The first-order valence-corrected chi connectivity index (χ1v) is 11.2. The number of carbonyl (C=O) groups is 3. The van der Waals surface area contributed by atoms with Crippen molar-refractivity contribution in [1.82, 2.24) is 14.9 Å². The van der Waals surface area contributed by atoms with E-state index in [1.165, 1.54) is 12.8 Å². The Labute approximate surface area is 196 Å². The molecular weight excluding hydrogens is 432 g/mol. The van der Waals surface area contributed by atoms with E-state index in [0.717, 1.165) is 29.5 Å². The third-order valence-corrected chi connectivity index (χ3v) is 5.88. The number of aryl methyl sites for hydroxylation is 1. The van der Waals surface area contributed by atoms with Gasteiger partial charge in [0.1, 0.15) is 24.0 Å². The van der Waals surface area contributed by atoms with E-state index in [0.29, 0.717) is 28.5 Å². The highest BCUT2D eigenvalue weighted by Crippen LogP contribution is 2.24. The van der Waals surface area contributed by atoms with Crippen molar-refractivity contribution in [1.29, 1.82) is 0 Å². The monoisotopic (exact) mass is 456 g/mol. The normalized spacial score (nSPS) is 15.0. The Morgan fingerprint density at radius 2 is 1.53 bits per heavy atom. The van der Waals surface area contributed by atoms with Gasteiger partial charge in [0.2, 0.25) is 5.91 Å². The fraction of sp³-hybridized carbons (Fsp3) is 0.240. The lowest BCUT2D eigenvalue weighted by Gasteiger charge is -2.18. The fourth-order valence-electron chi connectivity index (χ4n) is 4.24. The first-order chi connectivity index (χ1) is 16.5. The Kier molecular flexibility index (Phi) is 5.67. The molecule has 0 saturated carbocycles. The molecule has 0 atom stereocenters. The Morgan fingerprint density at radius 1 is 0.912 bits per heavy atom. The molecule has 0 unspecified atom stereocenters. The number of imide groups is 1. The zero-order chi connectivity index (χ0) is 23.7. The summed E-state index contributed by atoms with van der Waals surface area (Å²) in [6, 6.07) is 15.7. The molecule has 2 N–H and O–H groups in total. The van der Waals surface area contributed by atoms with E-state index < -0.39 is 17.7 Å². The van der Waals surface area contributed by atoms with E-state index in [-0.39, 0.29) is 6.54 Å². The summed E-state index contributed by atoms with van der Waals surface area (Å²) in [4.78, 5) is 49.6. The maximum Gasteiger partial charge on any atom is 0.262 e. The molecule has 3 amide bonds. The average Bonchev–Trinajstić information content (AvgIpc) is 3.45. The van der Waals surface area contributed by atoms with Crippen molar-refractivity contribution in [3.8, 4) is 0 Å². The quantitative estimate of drug-likeness (QED) is 0.548. The molecule has 2 aromatic carbocycles. The van der Waals surface area contributed by atoms with E-state index in [2.05, 4.69) is 25.5 Å². The minimum absolute atomic E-state index is 0.323. The zero-order valence-corrected chi connectivity index (χ0v) is 18.7. The number of hydrogen-bond acceptors (Lipinski definition) is 7. The molecule has 2 aliphatic rings. The van der Waals surface area contributed by atoms with Crippen molar-refractivity contribution < 1.29 is 14.4 Å². The van der Waals surface area contributed by atoms with Gasteiger partial charge in [-0.15, -0.1) is 0 Å². The summed E-state index contributed by atoms with van der Waals surface area (Å²) >= 11 is 0. The van der Waals surface area contributed by atoms with Gasteiger partial charge in [0.15, 0.2) is 0 Å². The summed E-state index contributed by atoms with van der Waals surface area (Å²) in [5.74, 6) is 0.967. The summed E-state index contributed by atoms with van der Waals surface area (Å²) in [6.07, 6.45) is 2.35. The fourth-order valence-corrected chi connectivity index (χ4v) is 4.24. The maximum atomic E-state index is 12.5. The highest BCUT2D eigenvalue weighted by Gasteiger charge is 2.36. The van der Waals surface area contributed by atoms with Crippen LogP contribution in [0.4, 0.5) is 23.0 Å². The lowest BCUT2D eigenvalue weighted by Crippen LogP contribution is -2.37. The third kappa shape index (κ3) is 4.32. The molecule has 0 spiro atoms. The standard InChI is InChI=1S/C25H24N6O3/c1-16-26-21(14-22(27-16)30-12-4-5-13-30)28-17-8-10-18(11-9-17)29-23(32)15-31-24(33)19-6-2-3-7-20(19)25(31)34/h2-3,6-11,14H,4-5,12-13,15H2,1H3,(H,29,32)(H,26,27,28). The van der Waals surface area contributed by atoms with E-state index in [4.69, 9.17) is 0 Å². The van der Waals surface area contributed by atoms with Gasteiger partial charge in [-0.05, 0) is 56.2 Å². The number of hydrogen-bond donors (Lipinski definition) is 2. The second-order valence-electron chi connectivity index (χ2n) is 8.35.